The normalized spacial score (nSPS) is 23.2. The fourth-order valence-electron chi connectivity index (χ4n) is 1.27. The van der Waals surface area contributed by atoms with Crippen LogP contribution in [0.4, 0.5) is 0 Å². The van der Waals surface area contributed by atoms with E-state index < -0.39 is 5.97 Å². The van der Waals surface area contributed by atoms with E-state index in [0.29, 0.717) is 18.8 Å². The van der Waals surface area contributed by atoms with E-state index >= 15 is 0 Å². The van der Waals surface area contributed by atoms with Crippen LogP contribution >= 0.6 is 11.6 Å². The van der Waals surface area contributed by atoms with Crippen molar-refractivity contribution in [3.63, 3.8) is 0 Å². The Bertz CT molecular complexity index is 207. The number of carboxylic acid groups (broad SMARTS) is 1. The van der Waals surface area contributed by atoms with E-state index in [1.165, 1.54) is 4.90 Å². The molecule has 1 fully saturated rings. The molecule has 1 heterocycles. The number of likely N-dealkylation sites (tertiary alicyclic amines) is 1. The van der Waals surface area contributed by atoms with E-state index in [4.69, 9.17) is 16.7 Å². The molecule has 1 saturated heterocycles. The maximum atomic E-state index is 11.1. The number of amides is 1. The predicted octanol–water partition coefficient (Wildman–Crippen LogP) is 0.158. The van der Waals surface area contributed by atoms with Crippen molar-refractivity contribution < 1.29 is 14.7 Å². The molecule has 5 heteroatoms. The van der Waals surface area contributed by atoms with Crippen LogP contribution in [0.3, 0.4) is 0 Å². The average Bonchev–Trinajstić information content (AvgIpc) is 2.31. The molecule has 1 aliphatic rings. The van der Waals surface area contributed by atoms with Crippen LogP contribution in [0, 0.1) is 5.92 Å². The molecule has 1 aliphatic heterocycles. The Balaban J connectivity index is 2.46. The monoisotopic (exact) mass is 191 g/mol. The number of aliphatic carboxylic acids is 1. The molecule has 68 valence electrons. The molecule has 0 aromatic carbocycles. The Morgan fingerprint density at radius 1 is 1.75 bits per heavy atom. The van der Waals surface area contributed by atoms with Crippen molar-refractivity contribution in [2.45, 2.75) is 6.42 Å². The molecule has 12 heavy (non-hydrogen) atoms. The van der Waals surface area contributed by atoms with Gasteiger partial charge in [-0.1, -0.05) is 0 Å². The first-order valence-corrected chi connectivity index (χ1v) is 4.22. The van der Waals surface area contributed by atoms with Gasteiger partial charge in [0.25, 0.3) is 0 Å². The van der Waals surface area contributed by atoms with Gasteiger partial charge in [-0.05, 0) is 5.92 Å². The summed E-state index contributed by atoms with van der Waals surface area (Å²) in [4.78, 5) is 22.7. The van der Waals surface area contributed by atoms with Crippen molar-refractivity contribution >= 4 is 23.5 Å². The Labute approximate surface area is 75.1 Å². The lowest BCUT2D eigenvalue weighted by Crippen LogP contribution is -2.31. The molecule has 0 aromatic heterocycles. The van der Waals surface area contributed by atoms with Crippen molar-refractivity contribution in [2.24, 2.45) is 5.92 Å². The molecule has 0 radical (unpaired) electrons. The molecule has 4 nitrogen and oxygen atoms in total. The zero-order valence-corrected chi connectivity index (χ0v) is 7.25. The number of hydrogen-bond donors (Lipinski definition) is 1. The molecule has 1 atom stereocenters. The van der Waals surface area contributed by atoms with E-state index in [0.717, 1.165) is 0 Å². The lowest BCUT2D eigenvalue weighted by molar-refractivity contribution is -0.142. The second kappa shape index (κ2) is 3.76. The summed E-state index contributed by atoms with van der Waals surface area (Å²) in [6, 6.07) is 0. The van der Waals surface area contributed by atoms with E-state index in [9.17, 15) is 9.59 Å². The van der Waals surface area contributed by atoms with Crippen molar-refractivity contribution in [3.05, 3.63) is 0 Å². The fourth-order valence-corrected chi connectivity index (χ4v) is 1.48. The Morgan fingerprint density at radius 2 is 2.42 bits per heavy atom. The van der Waals surface area contributed by atoms with Gasteiger partial charge in [0.15, 0.2) is 0 Å². The van der Waals surface area contributed by atoms with Gasteiger partial charge in [-0.2, -0.15) is 0 Å². The van der Waals surface area contributed by atoms with Crippen LogP contribution in [0.15, 0.2) is 0 Å². The van der Waals surface area contributed by atoms with Crippen molar-refractivity contribution in [2.75, 3.05) is 19.0 Å². The third-order valence-corrected chi connectivity index (χ3v) is 2.28. The van der Waals surface area contributed by atoms with Crippen molar-refractivity contribution in [1.29, 1.82) is 0 Å². The van der Waals surface area contributed by atoms with Gasteiger partial charge >= 0.3 is 5.97 Å². The van der Waals surface area contributed by atoms with Gasteiger partial charge in [0.2, 0.25) is 5.91 Å². The van der Waals surface area contributed by atoms with Crippen molar-refractivity contribution in [1.82, 2.24) is 4.90 Å². The molecule has 1 rings (SSSR count). The number of halogens is 1. The van der Waals surface area contributed by atoms with Gasteiger partial charge in [-0.15, -0.1) is 11.6 Å². The van der Waals surface area contributed by atoms with Crippen LogP contribution in [0.5, 0.6) is 0 Å². The zero-order chi connectivity index (χ0) is 9.14. The first-order valence-electron chi connectivity index (χ1n) is 3.69. The fraction of sp³-hybridized carbons (Fsp3) is 0.714. The smallest absolute Gasteiger partial charge is 0.323 e. The van der Waals surface area contributed by atoms with Crippen LogP contribution in [-0.2, 0) is 9.59 Å². The lowest BCUT2D eigenvalue weighted by Gasteiger charge is -2.12. The van der Waals surface area contributed by atoms with Crippen LogP contribution in [-0.4, -0.2) is 40.9 Å². The molecular weight excluding hydrogens is 182 g/mol. The summed E-state index contributed by atoms with van der Waals surface area (Å²) in [6.45, 7) is 0.279. The van der Waals surface area contributed by atoms with Crippen LogP contribution < -0.4 is 0 Å². The maximum absolute atomic E-state index is 11.1. The molecule has 1 unspecified atom stereocenters. The number of carboxylic acids is 1. The summed E-state index contributed by atoms with van der Waals surface area (Å²) >= 11 is 5.55. The Morgan fingerprint density at radius 3 is 2.83 bits per heavy atom. The third-order valence-electron chi connectivity index (χ3n) is 1.84. The van der Waals surface area contributed by atoms with Gasteiger partial charge in [-0.25, -0.2) is 0 Å². The number of carbonyl (C=O) groups is 2. The number of rotatable bonds is 3. The van der Waals surface area contributed by atoms with E-state index in [1.54, 1.807) is 0 Å². The van der Waals surface area contributed by atoms with Gasteiger partial charge in [-0.3, -0.25) is 9.59 Å². The first kappa shape index (κ1) is 9.32. The number of alkyl halides is 1. The molecular formula is C7H10ClNO3. The highest BCUT2D eigenvalue weighted by Gasteiger charge is 2.29. The van der Waals surface area contributed by atoms with E-state index in [-0.39, 0.29) is 18.4 Å². The van der Waals surface area contributed by atoms with Gasteiger partial charge in [0, 0.05) is 18.8 Å². The lowest BCUT2D eigenvalue weighted by atomic mass is 10.2. The summed E-state index contributed by atoms with van der Waals surface area (Å²) in [5.41, 5.74) is 0. The quantitative estimate of drug-likeness (QED) is 0.647. The minimum atomic E-state index is -0.974. The zero-order valence-electron chi connectivity index (χ0n) is 6.49. The number of nitrogens with zero attached hydrogens (tertiary/aromatic N) is 1. The Hall–Kier alpha value is -0.770. The highest BCUT2D eigenvalue weighted by Crippen LogP contribution is 2.18. The van der Waals surface area contributed by atoms with Crippen LogP contribution in [0.25, 0.3) is 0 Å². The number of carbonyl (C=O) groups excluding carboxylic acids is 1. The summed E-state index contributed by atoms with van der Waals surface area (Å²) in [6.07, 6.45) is 0.386. The van der Waals surface area contributed by atoms with Gasteiger partial charge < -0.3 is 10.0 Å². The topological polar surface area (TPSA) is 57.6 Å². The van der Waals surface area contributed by atoms with Crippen LogP contribution in [0.2, 0.25) is 0 Å². The molecule has 1 N–H and O–H groups in total. The molecule has 0 spiro atoms. The van der Waals surface area contributed by atoms with Crippen LogP contribution in [0.1, 0.15) is 6.42 Å². The molecule has 1 amide bonds. The molecule has 0 bridgehead atoms. The van der Waals surface area contributed by atoms with E-state index in [1.807, 2.05) is 0 Å². The highest BCUT2D eigenvalue weighted by atomic mass is 35.5. The second-order valence-corrected chi connectivity index (χ2v) is 3.20. The largest absolute Gasteiger partial charge is 0.480 e. The SMILES string of the molecule is O=C(O)CN1CC(CCl)CC1=O. The predicted molar refractivity (Wildman–Crippen MR) is 43.0 cm³/mol. The highest BCUT2D eigenvalue weighted by molar-refractivity contribution is 6.18. The average molecular weight is 192 g/mol. The summed E-state index contributed by atoms with van der Waals surface area (Å²) in [5.74, 6) is -0.540. The second-order valence-electron chi connectivity index (χ2n) is 2.89. The third kappa shape index (κ3) is 2.11. The molecule has 0 saturated carbocycles. The summed E-state index contributed by atoms with van der Waals surface area (Å²) < 4.78 is 0. The molecule has 0 aromatic rings. The van der Waals surface area contributed by atoms with Crippen molar-refractivity contribution in [3.8, 4) is 0 Å². The van der Waals surface area contributed by atoms with Gasteiger partial charge in [0.1, 0.15) is 6.54 Å². The minimum Gasteiger partial charge on any atom is -0.480 e. The molecule has 0 aliphatic carbocycles. The Kier molecular flexibility index (Phi) is 2.92. The maximum Gasteiger partial charge on any atom is 0.323 e. The minimum absolute atomic E-state index is 0.108. The van der Waals surface area contributed by atoms with Gasteiger partial charge in [0.05, 0.1) is 0 Å². The standard InChI is InChI=1S/C7H10ClNO3/c8-2-5-1-6(10)9(3-5)4-7(11)12/h5H,1-4H2,(H,11,12). The number of hydrogen-bond acceptors (Lipinski definition) is 2. The first-order chi connectivity index (χ1) is 5.63. The summed E-state index contributed by atoms with van der Waals surface area (Å²) in [7, 11) is 0. The summed E-state index contributed by atoms with van der Waals surface area (Å²) in [5, 5.41) is 8.42. The van der Waals surface area contributed by atoms with E-state index in [2.05, 4.69) is 0 Å².